The molecule has 1 aromatic heterocycles. The quantitative estimate of drug-likeness (QED) is 0.774. The Bertz CT molecular complexity index is 555. The molecule has 1 aromatic rings. The first-order chi connectivity index (χ1) is 9.97. The number of carboxylic acid groups (broad SMARTS) is 1. The van der Waals surface area contributed by atoms with E-state index in [-0.39, 0.29) is 23.7 Å². The van der Waals surface area contributed by atoms with Crippen molar-refractivity contribution in [3.63, 3.8) is 0 Å². The van der Waals surface area contributed by atoms with Gasteiger partial charge in [0.2, 0.25) is 5.91 Å². The number of carbonyl (C=O) groups excluding carboxylic acids is 2. The number of carbonyl (C=O) groups is 3. The molecule has 0 aliphatic heterocycles. The first-order valence-electron chi connectivity index (χ1n) is 6.86. The number of hydrogen-bond acceptors (Lipinski definition) is 4. The van der Waals surface area contributed by atoms with Crippen molar-refractivity contribution in [1.29, 1.82) is 0 Å². The van der Waals surface area contributed by atoms with Crippen LogP contribution in [0.25, 0.3) is 0 Å². The lowest BCUT2D eigenvalue weighted by molar-refractivity contribution is -0.142. The number of amides is 2. The average Bonchev–Trinajstić information content (AvgIpc) is 3.03. The minimum atomic E-state index is -0.782. The van der Waals surface area contributed by atoms with E-state index in [1.54, 1.807) is 12.1 Å². The van der Waals surface area contributed by atoms with Crippen molar-refractivity contribution in [2.75, 3.05) is 11.9 Å². The van der Waals surface area contributed by atoms with Crippen molar-refractivity contribution in [2.24, 2.45) is 11.8 Å². The van der Waals surface area contributed by atoms with Crippen LogP contribution in [0.15, 0.2) is 12.1 Å². The van der Waals surface area contributed by atoms with E-state index in [0.717, 1.165) is 12.8 Å². The number of hydrogen-bond donors (Lipinski definition) is 3. The Balaban J connectivity index is 1.88. The highest BCUT2D eigenvalue weighted by Crippen LogP contribution is 2.31. The third kappa shape index (κ3) is 4.04. The Morgan fingerprint density at radius 3 is 2.76 bits per heavy atom. The Hall–Kier alpha value is -1.89. The monoisotopic (exact) mass is 310 g/mol. The van der Waals surface area contributed by atoms with Crippen LogP contribution in [0.3, 0.4) is 0 Å². The molecule has 114 valence electrons. The predicted octanol–water partition coefficient (Wildman–Crippen LogP) is 1.94. The zero-order chi connectivity index (χ0) is 15.4. The van der Waals surface area contributed by atoms with Gasteiger partial charge in [0.25, 0.3) is 5.91 Å². The smallest absolute Gasteiger partial charge is 0.306 e. The number of anilines is 1. The van der Waals surface area contributed by atoms with E-state index in [4.69, 9.17) is 5.11 Å². The SMILES string of the molecule is CC(=O)Nc1ccc(C(=O)NCC2CCCC2C(=O)O)s1. The van der Waals surface area contributed by atoms with Gasteiger partial charge in [0.1, 0.15) is 0 Å². The van der Waals surface area contributed by atoms with E-state index in [0.29, 0.717) is 22.8 Å². The van der Waals surface area contributed by atoms with Crippen molar-refractivity contribution in [3.05, 3.63) is 17.0 Å². The highest BCUT2D eigenvalue weighted by Gasteiger charge is 2.32. The summed E-state index contributed by atoms with van der Waals surface area (Å²) in [6.45, 7) is 1.79. The largest absolute Gasteiger partial charge is 0.481 e. The molecule has 0 radical (unpaired) electrons. The molecule has 2 rings (SSSR count). The highest BCUT2D eigenvalue weighted by atomic mass is 32.1. The Morgan fingerprint density at radius 1 is 1.33 bits per heavy atom. The predicted molar refractivity (Wildman–Crippen MR) is 79.4 cm³/mol. The molecule has 6 nitrogen and oxygen atoms in total. The second-order valence-electron chi connectivity index (χ2n) is 5.19. The fourth-order valence-corrected chi connectivity index (χ4v) is 3.49. The lowest BCUT2D eigenvalue weighted by Gasteiger charge is -2.15. The molecule has 2 amide bonds. The van der Waals surface area contributed by atoms with Crippen LogP contribution in [-0.4, -0.2) is 29.4 Å². The lowest BCUT2D eigenvalue weighted by atomic mass is 9.96. The third-order valence-electron chi connectivity index (χ3n) is 3.63. The van der Waals surface area contributed by atoms with E-state index in [2.05, 4.69) is 10.6 Å². The first-order valence-corrected chi connectivity index (χ1v) is 7.67. The van der Waals surface area contributed by atoms with Gasteiger partial charge in [-0.15, -0.1) is 11.3 Å². The molecule has 1 heterocycles. The summed E-state index contributed by atoms with van der Waals surface area (Å²) in [5, 5.41) is 15.1. The van der Waals surface area contributed by atoms with E-state index < -0.39 is 5.97 Å². The molecular formula is C14H18N2O4S. The molecule has 1 aliphatic rings. The molecule has 1 saturated carbocycles. The Kier molecular flexibility index (Phi) is 4.95. The first kappa shape index (κ1) is 15.5. The van der Waals surface area contributed by atoms with Gasteiger partial charge < -0.3 is 15.7 Å². The highest BCUT2D eigenvalue weighted by molar-refractivity contribution is 7.18. The van der Waals surface area contributed by atoms with Crippen LogP contribution in [0.2, 0.25) is 0 Å². The molecule has 1 fully saturated rings. The molecule has 0 saturated heterocycles. The van der Waals surface area contributed by atoms with Gasteiger partial charge in [-0.3, -0.25) is 14.4 Å². The van der Waals surface area contributed by atoms with Gasteiger partial charge in [-0.05, 0) is 30.9 Å². The fraction of sp³-hybridized carbons (Fsp3) is 0.500. The Labute approximate surface area is 126 Å². The summed E-state index contributed by atoms with van der Waals surface area (Å²) < 4.78 is 0. The van der Waals surface area contributed by atoms with Gasteiger partial charge in [-0.25, -0.2) is 0 Å². The molecule has 21 heavy (non-hydrogen) atoms. The maximum absolute atomic E-state index is 12.0. The van der Waals surface area contributed by atoms with Gasteiger partial charge in [-0.1, -0.05) is 6.42 Å². The second kappa shape index (κ2) is 6.71. The molecule has 2 atom stereocenters. The van der Waals surface area contributed by atoms with Crippen LogP contribution in [0.1, 0.15) is 35.9 Å². The number of aliphatic carboxylic acids is 1. The third-order valence-corrected chi connectivity index (χ3v) is 4.63. The van der Waals surface area contributed by atoms with Crippen molar-refractivity contribution in [1.82, 2.24) is 5.32 Å². The summed E-state index contributed by atoms with van der Waals surface area (Å²) >= 11 is 1.20. The fourth-order valence-electron chi connectivity index (χ4n) is 2.62. The Morgan fingerprint density at radius 2 is 2.10 bits per heavy atom. The van der Waals surface area contributed by atoms with Crippen LogP contribution >= 0.6 is 11.3 Å². The van der Waals surface area contributed by atoms with Gasteiger partial charge in [0.15, 0.2) is 0 Å². The zero-order valence-electron chi connectivity index (χ0n) is 11.7. The van der Waals surface area contributed by atoms with E-state index >= 15 is 0 Å². The lowest BCUT2D eigenvalue weighted by Crippen LogP contribution is -2.32. The van der Waals surface area contributed by atoms with Gasteiger partial charge in [-0.2, -0.15) is 0 Å². The molecule has 2 unspecified atom stereocenters. The van der Waals surface area contributed by atoms with E-state index in [1.807, 2.05) is 0 Å². The van der Waals surface area contributed by atoms with E-state index in [9.17, 15) is 14.4 Å². The number of carboxylic acids is 1. The summed E-state index contributed by atoms with van der Waals surface area (Å²) in [5.74, 6) is -1.55. The zero-order valence-corrected chi connectivity index (χ0v) is 12.5. The average molecular weight is 310 g/mol. The summed E-state index contributed by atoms with van der Waals surface area (Å²) in [6.07, 6.45) is 2.41. The van der Waals surface area contributed by atoms with Crippen LogP contribution in [0, 0.1) is 11.8 Å². The molecule has 3 N–H and O–H groups in total. The van der Waals surface area contributed by atoms with Gasteiger partial charge in [0.05, 0.1) is 15.8 Å². The summed E-state index contributed by atoms with van der Waals surface area (Å²) in [4.78, 5) is 34.5. The van der Waals surface area contributed by atoms with Gasteiger partial charge >= 0.3 is 5.97 Å². The topological polar surface area (TPSA) is 95.5 Å². The molecule has 0 aromatic carbocycles. The maximum atomic E-state index is 12.0. The summed E-state index contributed by atoms with van der Waals surface area (Å²) in [7, 11) is 0. The number of thiophene rings is 1. The van der Waals surface area contributed by atoms with Crippen molar-refractivity contribution in [2.45, 2.75) is 26.2 Å². The van der Waals surface area contributed by atoms with Crippen LogP contribution in [0.4, 0.5) is 5.00 Å². The molecule has 0 bridgehead atoms. The normalized spacial score (nSPS) is 21.0. The molecule has 0 spiro atoms. The summed E-state index contributed by atoms with van der Waals surface area (Å²) in [6, 6.07) is 3.32. The molecule has 1 aliphatic carbocycles. The van der Waals surface area contributed by atoms with Crippen molar-refractivity contribution >= 4 is 34.1 Å². The van der Waals surface area contributed by atoms with Crippen molar-refractivity contribution in [3.8, 4) is 0 Å². The minimum Gasteiger partial charge on any atom is -0.481 e. The van der Waals surface area contributed by atoms with Gasteiger partial charge in [0, 0.05) is 13.5 Å². The van der Waals surface area contributed by atoms with Crippen LogP contribution in [0.5, 0.6) is 0 Å². The summed E-state index contributed by atoms with van der Waals surface area (Å²) in [5.41, 5.74) is 0. The van der Waals surface area contributed by atoms with Crippen LogP contribution in [-0.2, 0) is 9.59 Å². The second-order valence-corrected chi connectivity index (χ2v) is 6.27. The van der Waals surface area contributed by atoms with E-state index in [1.165, 1.54) is 18.3 Å². The molecular weight excluding hydrogens is 292 g/mol. The van der Waals surface area contributed by atoms with Crippen molar-refractivity contribution < 1.29 is 19.5 Å². The number of nitrogens with one attached hydrogen (secondary N) is 2. The van der Waals surface area contributed by atoms with Crippen LogP contribution < -0.4 is 10.6 Å². The number of rotatable bonds is 5. The minimum absolute atomic E-state index is 0.00114. The maximum Gasteiger partial charge on any atom is 0.306 e. The molecule has 7 heteroatoms. The standard InChI is InChI=1S/C14H18N2O4S/c1-8(17)16-12-6-5-11(21-12)13(18)15-7-9-3-2-4-10(9)14(19)20/h5-6,9-10H,2-4,7H2,1H3,(H,15,18)(H,16,17)(H,19,20).